The summed E-state index contributed by atoms with van der Waals surface area (Å²) in [5.41, 5.74) is 2.24. The molecule has 5 N–H and O–H groups in total. The van der Waals surface area contributed by atoms with Crippen LogP contribution >= 0.6 is 71.2 Å². The molecule has 0 unspecified atom stereocenters. The molecule has 0 radical (unpaired) electrons. The Morgan fingerprint density at radius 2 is 1.47 bits per heavy atom. The van der Waals surface area contributed by atoms with Gasteiger partial charge in [-0.15, -0.1) is 12.6 Å². The van der Waals surface area contributed by atoms with Gasteiger partial charge in [-0.1, -0.05) is 71.4 Å². The number of aliphatic hydroxyl groups excluding tert-OH is 1. The topological polar surface area (TPSA) is 120 Å². The van der Waals surface area contributed by atoms with E-state index in [1.54, 1.807) is 24.3 Å². The van der Waals surface area contributed by atoms with Crippen LogP contribution in [0.15, 0.2) is 48.5 Å². The van der Waals surface area contributed by atoms with Crippen LogP contribution in [-0.2, 0) is 4.79 Å². The monoisotopic (exact) mass is 630 g/mol. The number of thiol groups is 2. The molecule has 0 heterocycles. The van der Waals surface area contributed by atoms with Crippen molar-refractivity contribution < 1.29 is 19.5 Å². The van der Waals surface area contributed by atoms with Crippen molar-refractivity contribution in [2.75, 3.05) is 37.0 Å². The molecule has 38 heavy (non-hydrogen) atoms. The van der Waals surface area contributed by atoms with Gasteiger partial charge < -0.3 is 15.7 Å². The first-order chi connectivity index (χ1) is 18.4. The van der Waals surface area contributed by atoms with Crippen molar-refractivity contribution in [2.45, 2.75) is 12.1 Å². The second kappa shape index (κ2) is 19.0. The molecule has 2 aromatic carbocycles. The lowest BCUT2D eigenvalue weighted by Crippen LogP contribution is -2.33. The molecule has 0 saturated carbocycles. The van der Waals surface area contributed by atoms with Gasteiger partial charge in [-0.25, -0.2) is 4.72 Å². The van der Waals surface area contributed by atoms with Crippen molar-refractivity contribution in [3.05, 3.63) is 59.7 Å². The molecule has 0 aliphatic heterocycles. The van der Waals surface area contributed by atoms with E-state index in [-0.39, 0.29) is 29.6 Å². The van der Waals surface area contributed by atoms with Crippen LogP contribution in [0.4, 0.5) is 0 Å². The van der Waals surface area contributed by atoms with E-state index in [4.69, 9.17) is 17.3 Å². The van der Waals surface area contributed by atoms with Gasteiger partial charge >= 0.3 is 0 Å². The van der Waals surface area contributed by atoms with Gasteiger partial charge in [0.2, 0.25) is 5.12 Å². The van der Waals surface area contributed by atoms with Gasteiger partial charge in [0, 0.05) is 41.5 Å². The van der Waals surface area contributed by atoms with Crippen LogP contribution in [0.5, 0.6) is 0 Å². The summed E-state index contributed by atoms with van der Waals surface area (Å²) >= 11 is 14.1. The zero-order chi connectivity index (χ0) is 27.8. The van der Waals surface area contributed by atoms with Crippen molar-refractivity contribution in [1.29, 1.82) is 0 Å². The zero-order valence-corrected chi connectivity index (χ0v) is 25.3. The maximum Gasteiger partial charge on any atom is 0.251 e. The second-order valence-electron chi connectivity index (χ2n) is 7.59. The summed E-state index contributed by atoms with van der Waals surface area (Å²) < 4.78 is 5.99. The number of carbonyl (C=O) groups excluding carboxylic acids is 3. The summed E-state index contributed by atoms with van der Waals surface area (Å²) in [5.74, 6) is 1.02. The highest BCUT2D eigenvalue weighted by Gasteiger charge is 2.18. The Kier molecular flexibility index (Phi) is 16.4. The average molecular weight is 631 g/mol. The third-order valence-electron chi connectivity index (χ3n) is 4.92. The summed E-state index contributed by atoms with van der Waals surface area (Å²) in [4.78, 5) is 37.3. The molecular weight excluding hydrogens is 601 g/mol. The summed E-state index contributed by atoms with van der Waals surface area (Å²) in [6.07, 6.45) is 0. The van der Waals surface area contributed by atoms with Gasteiger partial charge in [0.1, 0.15) is 0 Å². The maximum atomic E-state index is 13.0. The summed E-state index contributed by atoms with van der Waals surface area (Å²) in [6.45, 7) is 0.741. The molecule has 0 bridgehead atoms. The fourth-order valence-electron chi connectivity index (χ4n) is 3.02. The molecule has 2 atom stereocenters. The molecule has 2 amide bonds. The van der Waals surface area contributed by atoms with E-state index in [1.165, 1.54) is 39.1 Å². The Morgan fingerprint density at radius 3 is 1.97 bits per heavy atom. The van der Waals surface area contributed by atoms with E-state index in [0.29, 0.717) is 52.6 Å². The largest absolute Gasteiger partial charge is 0.394 e. The van der Waals surface area contributed by atoms with E-state index in [2.05, 4.69) is 45.3 Å². The number of amides is 2. The van der Waals surface area contributed by atoms with Gasteiger partial charge in [-0.05, 0) is 39.6 Å². The summed E-state index contributed by atoms with van der Waals surface area (Å²) in [7, 11) is 2.86. The van der Waals surface area contributed by atoms with Gasteiger partial charge in [-0.2, -0.15) is 12.6 Å². The lowest BCUT2D eigenvalue weighted by Gasteiger charge is -2.15. The van der Waals surface area contributed by atoms with Crippen LogP contribution < -0.4 is 20.1 Å². The molecule has 0 aromatic heterocycles. The van der Waals surface area contributed by atoms with Crippen LogP contribution in [0.1, 0.15) is 20.7 Å². The van der Waals surface area contributed by atoms with Crippen LogP contribution in [0, 0.1) is 0 Å². The van der Waals surface area contributed by atoms with E-state index in [9.17, 15) is 14.4 Å². The van der Waals surface area contributed by atoms with Gasteiger partial charge in [0.05, 0.1) is 18.7 Å². The number of hydrogen-bond acceptors (Lipinski definition) is 11. The SMILES string of the molecule is O=C(NCCSN[C@@H](CS)C(=O)S)c1ccccc1-c1ccccc1C(=O)NCCSSN[C@@H](C=S)CO. The number of nitrogens with one attached hydrogen (secondary N) is 4. The number of hydrogen-bond donors (Lipinski definition) is 7. The molecule has 2 aromatic rings. The van der Waals surface area contributed by atoms with E-state index >= 15 is 0 Å². The highest BCUT2D eigenvalue weighted by Crippen LogP contribution is 2.27. The minimum Gasteiger partial charge on any atom is -0.394 e. The van der Waals surface area contributed by atoms with Crippen LogP contribution in [0.2, 0.25) is 0 Å². The van der Waals surface area contributed by atoms with Crippen LogP contribution in [0.25, 0.3) is 11.1 Å². The minimum atomic E-state index is -0.464. The summed E-state index contributed by atoms with van der Waals surface area (Å²) in [6, 6.07) is 13.6. The average Bonchev–Trinajstić information content (AvgIpc) is 2.94. The molecule has 0 aliphatic carbocycles. The van der Waals surface area contributed by atoms with Crippen molar-refractivity contribution in [3.63, 3.8) is 0 Å². The van der Waals surface area contributed by atoms with Gasteiger partial charge in [-0.3, -0.25) is 19.1 Å². The predicted molar refractivity (Wildman–Crippen MR) is 171 cm³/mol. The number of carbonyl (C=O) groups is 3. The van der Waals surface area contributed by atoms with Crippen molar-refractivity contribution >= 4 is 93.5 Å². The first kappa shape index (κ1) is 33.0. The fraction of sp³-hybridized carbons (Fsp3) is 0.333. The fourth-order valence-corrected chi connectivity index (χ4v) is 6.41. The first-order valence-electron chi connectivity index (χ1n) is 11.5. The van der Waals surface area contributed by atoms with E-state index in [1.807, 2.05) is 24.3 Å². The Balaban J connectivity index is 1.96. The van der Waals surface area contributed by atoms with Gasteiger partial charge in [0.15, 0.2) is 0 Å². The van der Waals surface area contributed by atoms with Crippen LogP contribution in [-0.4, -0.2) is 76.4 Å². The molecule has 2 rings (SSSR count). The predicted octanol–water partition coefficient (Wildman–Crippen LogP) is 3.05. The molecule has 0 saturated heterocycles. The first-order valence-corrected chi connectivity index (χ1v) is 16.3. The lowest BCUT2D eigenvalue weighted by atomic mass is 9.94. The Hall–Kier alpha value is -1.23. The van der Waals surface area contributed by atoms with Crippen molar-refractivity contribution in [1.82, 2.24) is 20.1 Å². The lowest BCUT2D eigenvalue weighted by molar-refractivity contribution is -0.111. The zero-order valence-electron chi connectivity index (χ0n) is 20.3. The smallest absolute Gasteiger partial charge is 0.251 e. The molecule has 0 fully saturated rings. The highest BCUT2D eigenvalue weighted by atomic mass is 33.1. The highest BCUT2D eigenvalue weighted by molar-refractivity contribution is 8.76. The van der Waals surface area contributed by atoms with Crippen molar-refractivity contribution in [2.24, 2.45) is 0 Å². The summed E-state index contributed by atoms with van der Waals surface area (Å²) in [5, 5.41) is 16.1. The molecule has 0 spiro atoms. The third kappa shape index (κ3) is 11.1. The molecular formula is C24H30N4O4S6. The molecule has 8 nitrogen and oxygen atoms in total. The third-order valence-corrected chi connectivity index (χ3v) is 8.81. The maximum absolute atomic E-state index is 13.0. The number of rotatable bonds is 18. The molecule has 206 valence electrons. The number of aliphatic hydroxyl groups is 1. The number of benzene rings is 2. The Bertz CT molecular complexity index is 1080. The van der Waals surface area contributed by atoms with E-state index < -0.39 is 6.04 Å². The second-order valence-corrected chi connectivity index (χ2v) is 11.9. The number of thiocarbonyl (C=S) groups is 1. The molecule has 0 aliphatic rings. The van der Waals surface area contributed by atoms with Crippen molar-refractivity contribution in [3.8, 4) is 11.1 Å². The van der Waals surface area contributed by atoms with Crippen LogP contribution in [0.3, 0.4) is 0 Å². The molecule has 14 heteroatoms. The quantitative estimate of drug-likeness (QED) is 0.0436. The minimum absolute atomic E-state index is 0.0738. The normalized spacial score (nSPS) is 12.4. The van der Waals surface area contributed by atoms with E-state index in [0.717, 1.165) is 0 Å². The van der Waals surface area contributed by atoms with Gasteiger partial charge in [0.25, 0.3) is 11.8 Å². The Morgan fingerprint density at radius 1 is 0.921 bits per heavy atom. The standard InChI is InChI=1S/C24H30N4O4S6/c29-13-16(14-33)27-38-37-12-10-26-23(31)20-8-4-2-6-18(20)17-5-1-3-7-19(17)22(30)25-9-11-36-28-21(15-34)24(32)35/h1-8,14,16,21,27-29,34H,9-13,15H2,(H,25,30)(H,26,31)(H,32,35)/t16-,21+/m1/s1. The Labute approximate surface area is 251 Å².